The molecule has 0 aliphatic rings. The van der Waals surface area contributed by atoms with E-state index >= 15 is 0 Å². The van der Waals surface area contributed by atoms with Gasteiger partial charge in [0, 0.05) is 6.04 Å². The van der Waals surface area contributed by atoms with Crippen LogP contribution in [0.2, 0.25) is 18.1 Å². The van der Waals surface area contributed by atoms with E-state index in [0.29, 0.717) is 10.9 Å². The first kappa shape index (κ1) is 19.4. The van der Waals surface area contributed by atoms with E-state index in [0.717, 1.165) is 0 Å². The van der Waals surface area contributed by atoms with E-state index in [1.165, 1.54) is 5.56 Å². The zero-order valence-electron chi connectivity index (χ0n) is 15.2. The molecule has 2 N–H and O–H groups in total. The number of rotatable bonds is 4. The zero-order chi connectivity index (χ0) is 17.3. The van der Waals surface area contributed by atoms with Crippen molar-refractivity contribution in [1.82, 2.24) is 4.90 Å². The number of hydrogen-bond acceptors (Lipinski definition) is 3. The molecule has 1 rings (SSSR count). The van der Waals surface area contributed by atoms with Crippen molar-refractivity contribution in [1.29, 1.82) is 0 Å². The highest BCUT2D eigenvalue weighted by Gasteiger charge is 2.37. The van der Waals surface area contributed by atoms with Crippen molar-refractivity contribution in [2.75, 3.05) is 14.1 Å². The van der Waals surface area contributed by atoms with E-state index in [2.05, 4.69) is 49.7 Å². The van der Waals surface area contributed by atoms with Crippen molar-refractivity contribution in [3.8, 4) is 0 Å². The molecule has 0 spiro atoms. The van der Waals surface area contributed by atoms with E-state index in [1.807, 2.05) is 38.4 Å². The molecule has 0 aromatic heterocycles. The maximum absolute atomic E-state index is 12.9. The summed E-state index contributed by atoms with van der Waals surface area (Å²) in [6.07, 6.45) is 0. The topological polar surface area (TPSA) is 58.7 Å². The summed E-state index contributed by atoms with van der Waals surface area (Å²) in [5, 5.41) is 6.11. The molecule has 1 aromatic carbocycles. The van der Waals surface area contributed by atoms with Crippen molar-refractivity contribution in [3.05, 3.63) is 29.8 Å². The minimum absolute atomic E-state index is 0.0222. The molecular formula is C16H31N3OSSi. The summed E-state index contributed by atoms with van der Waals surface area (Å²) in [6, 6.07) is 8.00. The summed E-state index contributed by atoms with van der Waals surface area (Å²) in [5.74, 6) is 0. The van der Waals surface area contributed by atoms with Crippen LogP contribution in [0.4, 0.5) is 0 Å². The Morgan fingerprint density at radius 2 is 1.64 bits per heavy atom. The molecule has 0 amide bonds. The first-order chi connectivity index (χ1) is 9.78. The highest BCUT2D eigenvalue weighted by molar-refractivity contribution is 7.92. The standard InChI is InChI=1S/C16H31N3OSSi/c1-13(19(5)6)14-9-11-15(12-10-14)21(17,20)18-22(7,8)16(2,3)4/h9-13H,1-8H3,(H2,17,18,20). The molecular weight excluding hydrogens is 310 g/mol. The molecule has 0 aliphatic heterocycles. The van der Waals surface area contributed by atoms with E-state index in [9.17, 15) is 4.21 Å². The van der Waals surface area contributed by atoms with Gasteiger partial charge in [-0.25, -0.2) is 9.35 Å². The SMILES string of the molecule is CC(c1ccc(S(N)(=O)=N[Si](C)(C)C(C)(C)C)cc1)N(C)C. The van der Waals surface area contributed by atoms with E-state index in [4.69, 9.17) is 5.14 Å². The molecule has 6 heteroatoms. The van der Waals surface area contributed by atoms with Gasteiger partial charge in [0.2, 0.25) is 0 Å². The first-order valence-electron chi connectivity index (χ1n) is 7.60. The summed E-state index contributed by atoms with van der Waals surface area (Å²) in [5.41, 5.74) is 1.18. The lowest BCUT2D eigenvalue weighted by molar-refractivity contribution is 0.321. The van der Waals surface area contributed by atoms with Gasteiger partial charge in [-0.15, -0.1) is 0 Å². The molecule has 2 atom stereocenters. The predicted molar refractivity (Wildman–Crippen MR) is 98.8 cm³/mol. The van der Waals surface area contributed by atoms with Crippen molar-refractivity contribution in [3.63, 3.8) is 0 Å². The highest BCUT2D eigenvalue weighted by atomic mass is 32.2. The van der Waals surface area contributed by atoms with Crippen LogP contribution < -0.4 is 5.14 Å². The lowest BCUT2D eigenvalue weighted by atomic mass is 10.1. The minimum atomic E-state index is -2.84. The molecule has 0 saturated heterocycles. The largest absolute Gasteiger partial charge is 0.303 e. The monoisotopic (exact) mass is 341 g/mol. The van der Waals surface area contributed by atoms with Crippen LogP contribution in [0, 0.1) is 0 Å². The Morgan fingerprint density at radius 3 is 2.00 bits per heavy atom. The van der Waals surface area contributed by atoms with E-state index < -0.39 is 18.2 Å². The molecule has 0 aliphatic carbocycles. The highest BCUT2D eigenvalue weighted by Crippen LogP contribution is 2.37. The summed E-state index contributed by atoms with van der Waals surface area (Å²) in [4.78, 5) is 2.75. The Kier molecular flexibility index (Phi) is 5.66. The summed E-state index contributed by atoms with van der Waals surface area (Å²) >= 11 is 0. The lowest BCUT2D eigenvalue weighted by Crippen LogP contribution is -2.37. The maximum Gasteiger partial charge on any atom is 0.195 e. The van der Waals surface area contributed by atoms with Gasteiger partial charge in [-0.1, -0.05) is 32.9 Å². The maximum atomic E-state index is 12.9. The fourth-order valence-electron chi connectivity index (χ4n) is 1.77. The third kappa shape index (κ3) is 4.41. The molecule has 126 valence electrons. The normalized spacial score (nSPS) is 17.2. The van der Waals surface area contributed by atoms with Gasteiger partial charge < -0.3 is 4.90 Å². The van der Waals surface area contributed by atoms with Crippen molar-refractivity contribution in [2.45, 2.75) is 56.8 Å². The van der Waals surface area contributed by atoms with Crippen molar-refractivity contribution < 1.29 is 4.21 Å². The Labute approximate surface area is 137 Å². The summed E-state index contributed by atoms with van der Waals surface area (Å²) in [7, 11) is -0.823. The Balaban J connectivity index is 3.22. The number of benzene rings is 1. The van der Waals surface area contributed by atoms with Gasteiger partial charge in [-0.2, -0.15) is 0 Å². The first-order valence-corrected chi connectivity index (χ1v) is 12.1. The van der Waals surface area contributed by atoms with Crippen LogP contribution in [0.1, 0.15) is 39.3 Å². The fraction of sp³-hybridized carbons (Fsp3) is 0.625. The molecule has 4 nitrogen and oxygen atoms in total. The summed E-state index contributed by atoms with van der Waals surface area (Å²) < 4.78 is 17.5. The Hall–Kier alpha value is -0.693. The van der Waals surface area contributed by atoms with Gasteiger partial charge >= 0.3 is 0 Å². The molecule has 0 saturated carbocycles. The van der Waals surface area contributed by atoms with Crippen LogP contribution in [0.15, 0.2) is 33.2 Å². The second-order valence-electron chi connectivity index (χ2n) is 7.68. The molecule has 0 fully saturated rings. The Bertz CT molecular complexity index is 624. The zero-order valence-corrected chi connectivity index (χ0v) is 17.0. The van der Waals surface area contributed by atoms with Crippen LogP contribution in [0.5, 0.6) is 0 Å². The lowest BCUT2D eigenvalue weighted by Gasteiger charge is -2.32. The summed E-state index contributed by atoms with van der Waals surface area (Å²) in [6.45, 7) is 12.8. The van der Waals surface area contributed by atoms with Crippen LogP contribution in [-0.2, 0) is 9.92 Å². The third-order valence-electron chi connectivity index (χ3n) is 4.67. The molecule has 1 aromatic rings. The van der Waals surface area contributed by atoms with Gasteiger partial charge in [0.1, 0.15) is 9.92 Å². The minimum Gasteiger partial charge on any atom is -0.303 e. The average Bonchev–Trinajstić information content (AvgIpc) is 2.35. The number of hydrogen-bond donors (Lipinski definition) is 1. The third-order valence-corrected chi connectivity index (χ3v) is 12.2. The number of nitrogens with two attached hydrogens (primary N) is 1. The second-order valence-corrected chi connectivity index (χ2v) is 14.6. The van der Waals surface area contributed by atoms with Crippen LogP contribution in [0.3, 0.4) is 0 Å². The number of nitrogens with zero attached hydrogens (tertiary/aromatic N) is 2. The van der Waals surface area contributed by atoms with Crippen molar-refractivity contribution in [2.24, 2.45) is 9.17 Å². The Morgan fingerprint density at radius 1 is 1.18 bits per heavy atom. The van der Waals surface area contributed by atoms with Crippen LogP contribution in [-0.4, -0.2) is 31.4 Å². The van der Waals surface area contributed by atoms with Crippen molar-refractivity contribution >= 4 is 18.2 Å². The molecule has 0 bridgehead atoms. The quantitative estimate of drug-likeness (QED) is 0.841. The average molecular weight is 342 g/mol. The van der Waals surface area contributed by atoms with Gasteiger partial charge in [-0.3, -0.25) is 4.03 Å². The van der Waals surface area contributed by atoms with Gasteiger partial charge in [0.25, 0.3) is 0 Å². The van der Waals surface area contributed by atoms with Crippen LogP contribution >= 0.6 is 0 Å². The van der Waals surface area contributed by atoms with Gasteiger partial charge in [-0.05, 0) is 56.8 Å². The second kappa shape index (κ2) is 6.43. The van der Waals surface area contributed by atoms with E-state index in [-0.39, 0.29) is 5.04 Å². The van der Waals surface area contributed by atoms with Gasteiger partial charge in [0.15, 0.2) is 8.24 Å². The van der Waals surface area contributed by atoms with Gasteiger partial charge in [0.05, 0.1) is 4.90 Å². The molecule has 2 unspecified atom stereocenters. The van der Waals surface area contributed by atoms with Crippen LogP contribution in [0.25, 0.3) is 0 Å². The smallest absolute Gasteiger partial charge is 0.195 e. The molecule has 22 heavy (non-hydrogen) atoms. The van der Waals surface area contributed by atoms with E-state index in [1.54, 1.807) is 0 Å². The fourth-order valence-corrected chi connectivity index (χ4v) is 6.52. The molecule has 0 heterocycles. The molecule has 0 radical (unpaired) electrons. The predicted octanol–water partition coefficient (Wildman–Crippen LogP) is 4.02.